The fourth-order valence-corrected chi connectivity index (χ4v) is 2.16. The molecule has 0 amide bonds. The van der Waals surface area contributed by atoms with Gasteiger partial charge >= 0.3 is 0 Å². The van der Waals surface area contributed by atoms with Crippen LogP contribution in [0.5, 0.6) is 0 Å². The van der Waals surface area contributed by atoms with Crippen molar-refractivity contribution in [3.8, 4) is 17.5 Å². The van der Waals surface area contributed by atoms with Crippen LogP contribution in [-0.4, -0.2) is 10.1 Å². The van der Waals surface area contributed by atoms with E-state index in [9.17, 15) is 4.39 Å². The van der Waals surface area contributed by atoms with Crippen molar-refractivity contribution in [2.75, 3.05) is 5.32 Å². The molecule has 3 rings (SSSR count). The van der Waals surface area contributed by atoms with Crippen LogP contribution in [0.1, 0.15) is 24.4 Å². The molecule has 1 N–H and O–H groups in total. The summed E-state index contributed by atoms with van der Waals surface area (Å²) in [6, 6.07) is 15.3. The van der Waals surface area contributed by atoms with Gasteiger partial charge in [0.2, 0.25) is 0 Å². The molecular formula is C17H13FN4O. The van der Waals surface area contributed by atoms with Gasteiger partial charge in [-0.25, -0.2) is 4.39 Å². The fraction of sp³-hybridized carbons (Fsp3) is 0.118. The van der Waals surface area contributed by atoms with Gasteiger partial charge in [-0.15, -0.1) is 0 Å². The number of hydrogen-bond acceptors (Lipinski definition) is 5. The van der Waals surface area contributed by atoms with Gasteiger partial charge in [0.05, 0.1) is 11.7 Å². The molecule has 2 aromatic carbocycles. The standard InChI is InChI=1S/C17H13FN4O/c1-11(20-15-9-5-8-14(18)13(15)10-19)16-21-17(23-22-16)12-6-3-2-4-7-12/h2-9,11,20H,1H3. The Bertz CT molecular complexity index is 855. The summed E-state index contributed by atoms with van der Waals surface area (Å²) in [4.78, 5) is 4.34. The average Bonchev–Trinajstić information content (AvgIpc) is 3.06. The van der Waals surface area contributed by atoms with Crippen LogP contribution in [0.2, 0.25) is 0 Å². The first-order valence-corrected chi connectivity index (χ1v) is 7.03. The molecule has 23 heavy (non-hydrogen) atoms. The minimum atomic E-state index is -0.567. The van der Waals surface area contributed by atoms with Gasteiger partial charge in [-0.05, 0) is 31.2 Å². The summed E-state index contributed by atoms with van der Waals surface area (Å²) in [5.74, 6) is 0.272. The first kappa shape index (κ1) is 14.7. The Morgan fingerprint density at radius 3 is 2.70 bits per heavy atom. The lowest BCUT2D eigenvalue weighted by Crippen LogP contribution is -2.10. The van der Waals surface area contributed by atoms with Crippen molar-refractivity contribution in [2.24, 2.45) is 0 Å². The van der Waals surface area contributed by atoms with E-state index in [4.69, 9.17) is 9.78 Å². The Balaban J connectivity index is 1.83. The van der Waals surface area contributed by atoms with E-state index < -0.39 is 5.82 Å². The lowest BCUT2D eigenvalue weighted by molar-refractivity contribution is 0.420. The lowest BCUT2D eigenvalue weighted by Gasteiger charge is -2.12. The second-order valence-corrected chi connectivity index (χ2v) is 4.96. The van der Waals surface area contributed by atoms with Crippen molar-refractivity contribution in [3.05, 3.63) is 65.7 Å². The van der Waals surface area contributed by atoms with Gasteiger partial charge in [-0.3, -0.25) is 0 Å². The molecule has 1 atom stereocenters. The number of nitrogens with zero attached hydrogens (tertiary/aromatic N) is 3. The van der Waals surface area contributed by atoms with Crippen LogP contribution >= 0.6 is 0 Å². The molecule has 0 bridgehead atoms. The SMILES string of the molecule is CC(Nc1cccc(F)c1C#N)c1noc(-c2ccccc2)n1. The van der Waals surface area contributed by atoms with Crippen LogP contribution in [-0.2, 0) is 0 Å². The van der Waals surface area contributed by atoms with Crippen molar-refractivity contribution >= 4 is 5.69 Å². The van der Waals surface area contributed by atoms with Crippen molar-refractivity contribution in [1.29, 1.82) is 5.26 Å². The maximum absolute atomic E-state index is 13.6. The average molecular weight is 308 g/mol. The molecular weight excluding hydrogens is 295 g/mol. The van der Waals surface area contributed by atoms with E-state index in [0.717, 1.165) is 5.56 Å². The maximum Gasteiger partial charge on any atom is 0.257 e. The molecule has 0 saturated heterocycles. The van der Waals surface area contributed by atoms with Crippen LogP contribution in [0, 0.1) is 17.1 Å². The molecule has 0 aliphatic carbocycles. The summed E-state index contributed by atoms with van der Waals surface area (Å²) in [5, 5.41) is 16.0. The highest BCUT2D eigenvalue weighted by Gasteiger charge is 2.17. The minimum absolute atomic E-state index is 0.0360. The Morgan fingerprint density at radius 2 is 1.96 bits per heavy atom. The van der Waals surface area contributed by atoms with Gasteiger partial charge in [0.15, 0.2) is 5.82 Å². The number of aromatic nitrogens is 2. The van der Waals surface area contributed by atoms with E-state index in [1.165, 1.54) is 12.1 Å². The number of halogens is 1. The molecule has 5 nitrogen and oxygen atoms in total. The molecule has 0 aliphatic heterocycles. The molecule has 1 aromatic heterocycles. The summed E-state index contributed by atoms with van der Waals surface area (Å²) in [6.07, 6.45) is 0. The van der Waals surface area contributed by atoms with Crippen molar-refractivity contribution in [1.82, 2.24) is 10.1 Å². The predicted molar refractivity (Wildman–Crippen MR) is 82.9 cm³/mol. The normalized spacial score (nSPS) is 11.7. The van der Waals surface area contributed by atoms with E-state index in [-0.39, 0.29) is 11.6 Å². The van der Waals surface area contributed by atoms with E-state index in [2.05, 4.69) is 15.5 Å². The Labute approximate surface area is 132 Å². The smallest absolute Gasteiger partial charge is 0.257 e. The Morgan fingerprint density at radius 1 is 1.17 bits per heavy atom. The summed E-state index contributed by atoms with van der Waals surface area (Å²) < 4.78 is 18.9. The van der Waals surface area contributed by atoms with Gasteiger partial charge in [0.1, 0.15) is 17.4 Å². The van der Waals surface area contributed by atoms with E-state index >= 15 is 0 Å². The summed E-state index contributed by atoms with van der Waals surface area (Å²) in [5.41, 5.74) is 1.18. The predicted octanol–water partition coefficient (Wildman–Crippen LogP) is 3.92. The zero-order valence-corrected chi connectivity index (χ0v) is 12.3. The Kier molecular flexibility index (Phi) is 4.02. The molecule has 0 fully saturated rings. The van der Waals surface area contributed by atoms with Gasteiger partial charge in [0.25, 0.3) is 5.89 Å². The molecule has 0 aliphatic rings. The van der Waals surface area contributed by atoms with Crippen LogP contribution in [0.25, 0.3) is 11.5 Å². The third-order valence-electron chi connectivity index (χ3n) is 3.35. The van der Waals surface area contributed by atoms with E-state index in [1.54, 1.807) is 6.07 Å². The van der Waals surface area contributed by atoms with E-state index in [1.807, 2.05) is 43.3 Å². The van der Waals surface area contributed by atoms with Crippen LogP contribution in [0.15, 0.2) is 53.1 Å². The third-order valence-corrected chi connectivity index (χ3v) is 3.35. The molecule has 1 heterocycles. The molecule has 1 unspecified atom stereocenters. The number of benzene rings is 2. The van der Waals surface area contributed by atoms with E-state index in [0.29, 0.717) is 17.4 Å². The maximum atomic E-state index is 13.6. The second-order valence-electron chi connectivity index (χ2n) is 4.96. The number of anilines is 1. The minimum Gasteiger partial charge on any atom is -0.374 e. The van der Waals surface area contributed by atoms with Crippen molar-refractivity contribution in [3.63, 3.8) is 0 Å². The zero-order chi connectivity index (χ0) is 16.2. The van der Waals surface area contributed by atoms with Crippen molar-refractivity contribution in [2.45, 2.75) is 13.0 Å². The van der Waals surface area contributed by atoms with Crippen molar-refractivity contribution < 1.29 is 8.91 Å². The summed E-state index contributed by atoms with van der Waals surface area (Å²) in [6.45, 7) is 1.81. The summed E-state index contributed by atoms with van der Waals surface area (Å²) >= 11 is 0. The monoisotopic (exact) mass is 308 g/mol. The van der Waals surface area contributed by atoms with Gasteiger partial charge < -0.3 is 9.84 Å². The fourth-order valence-electron chi connectivity index (χ4n) is 2.16. The van der Waals surface area contributed by atoms with Gasteiger partial charge in [-0.2, -0.15) is 10.2 Å². The molecule has 6 heteroatoms. The van der Waals surface area contributed by atoms with Crippen LogP contribution in [0.3, 0.4) is 0 Å². The zero-order valence-electron chi connectivity index (χ0n) is 12.3. The Hall–Kier alpha value is -3.20. The highest BCUT2D eigenvalue weighted by Crippen LogP contribution is 2.24. The topological polar surface area (TPSA) is 74.7 Å². The molecule has 0 radical (unpaired) electrons. The molecule has 0 saturated carbocycles. The molecule has 3 aromatic rings. The third kappa shape index (κ3) is 3.04. The largest absolute Gasteiger partial charge is 0.374 e. The molecule has 0 spiro atoms. The lowest BCUT2D eigenvalue weighted by atomic mass is 10.1. The number of nitrogens with one attached hydrogen (secondary N) is 1. The number of rotatable bonds is 4. The second kappa shape index (κ2) is 6.28. The van der Waals surface area contributed by atoms with Crippen LogP contribution < -0.4 is 5.32 Å². The number of nitriles is 1. The summed E-state index contributed by atoms with van der Waals surface area (Å²) in [7, 11) is 0. The molecule has 114 valence electrons. The first-order chi connectivity index (χ1) is 11.2. The van der Waals surface area contributed by atoms with Crippen LogP contribution in [0.4, 0.5) is 10.1 Å². The highest BCUT2D eigenvalue weighted by molar-refractivity contribution is 5.58. The quantitative estimate of drug-likeness (QED) is 0.790. The number of hydrogen-bond donors (Lipinski definition) is 1. The highest BCUT2D eigenvalue weighted by atomic mass is 19.1. The van der Waals surface area contributed by atoms with Gasteiger partial charge in [0, 0.05) is 5.56 Å². The van der Waals surface area contributed by atoms with Gasteiger partial charge in [-0.1, -0.05) is 29.4 Å². The first-order valence-electron chi connectivity index (χ1n) is 7.03.